The van der Waals surface area contributed by atoms with E-state index in [1.54, 1.807) is 0 Å². The van der Waals surface area contributed by atoms with Crippen LogP contribution in [0.3, 0.4) is 0 Å². The molecule has 0 bridgehead atoms. The molecule has 0 spiro atoms. The Morgan fingerprint density at radius 1 is 0.490 bits per heavy atom. The van der Waals surface area contributed by atoms with Crippen molar-refractivity contribution in [2.45, 2.75) is 38.5 Å². The molecule has 8 rings (SSSR count). The number of aromatic nitrogens is 6. The Kier molecular flexibility index (Phi) is 10.3. The zero-order valence-corrected chi connectivity index (χ0v) is 32.2. The summed E-state index contributed by atoms with van der Waals surface area (Å²) >= 11 is 0. The number of pyridine rings is 2. The van der Waals surface area contributed by atoms with Gasteiger partial charge in [-0.1, -0.05) is 63.0 Å². The third-order valence-electron chi connectivity index (χ3n) is 9.43. The molecule has 4 aromatic carbocycles. The van der Waals surface area contributed by atoms with Crippen molar-refractivity contribution in [3.63, 3.8) is 0 Å². The molecule has 0 aliphatic carbocycles. The average Bonchev–Trinajstić information content (AvgIpc) is 3.49. The van der Waals surface area contributed by atoms with Crippen LogP contribution in [0.2, 0.25) is 0 Å². The van der Waals surface area contributed by atoms with Crippen molar-refractivity contribution in [2.24, 2.45) is 0 Å². The SMILES string of the molecule is CC(C)(c1[c-]c(-c2ccccn2)ccc1)c1[c-]c2c(cc1)c1ccc(C(C)(C)c3[c-]c(-c4ccccn4)ccc3)[c-]c1n2-c1ncncn1.[Pd+2].[Pt+2]. The van der Waals surface area contributed by atoms with Gasteiger partial charge in [0.05, 0.1) is 0 Å². The van der Waals surface area contributed by atoms with E-state index < -0.39 is 10.8 Å². The molecule has 0 saturated heterocycles. The van der Waals surface area contributed by atoms with Gasteiger partial charge >= 0.3 is 41.5 Å². The van der Waals surface area contributed by atoms with Crippen molar-refractivity contribution in [1.82, 2.24) is 29.5 Å². The molecule has 0 amide bonds. The molecule has 0 fully saturated rings. The van der Waals surface area contributed by atoms with Crippen LogP contribution in [-0.4, -0.2) is 29.5 Å². The van der Waals surface area contributed by atoms with E-state index in [4.69, 9.17) is 0 Å². The average molecular weight is 934 g/mol. The fraction of sp³-hybridized carbons (Fsp3) is 0.140. The molecule has 4 aromatic heterocycles. The van der Waals surface area contributed by atoms with Crippen LogP contribution in [0.1, 0.15) is 49.9 Å². The minimum absolute atomic E-state index is 0. The summed E-state index contributed by atoms with van der Waals surface area (Å²) in [7, 11) is 0. The summed E-state index contributed by atoms with van der Waals surface area (Å²) in [5.41, 5.74) is 8.78. The summed E-state index contributed by atoms with van der Waals surface area (Å²) in [6, 6.07) is 47.9. The standard InChI is InChI=1S/C43H32N6.Pd.Pt/c1-42(2,31-13-9-11-29(23-31)37-15-5-7-21-45-37)33-17-19-35-36-20-18-34(26-40(36)49(39(35)25-33)41-47-27-44-28-48-41)43(3,4)32-14-10-12-30(24-32)38-16-6-8-22-46-38;;/h5-22,27-28H,1-4H3;;/q-4;2*+2. The van der Waals surface area contributed by atoms with Crippen molar-refractivity contribution in [2.75, 3.05) is 0 Å². The van der Waals surface area contributed by atoms with Crippen LogP contribution < -0.4 is 0 Å². The van der Waals surface area contributed by atoms with E-state index in [-0.39, 0.29) is 41.5 Å². The molecule has 4 heterocycles. The number of fused-ring (bicyclic) bond motifs is 3. The van der Waals surface area contributed by atoms with Crippen LogP contribution in [0.4, 0.5) is 0 Å². The van der Waals surface area contributed by atoms with E-state index in [9.17, 15) is 0 Å². The van der Waals surface area contributed by atoms with Crippen LogP contribution in [-0.2, 0) is 52.3 Å². The quantitative estimate of drug-likeness (QED) is 0.118. The molecule has 8 heteroatoms. The first-order valence-corrected chi connectivity index (χ1v) is 16.3. The van der Waals surface area contributed by atoms with Gasteiger partial charge in [-0.15, -0.1) is 70.8 Å². The number of hydrogen-bond acceptors (Lipinski definition) is 5. The van der Waals surface area contributed by atoms with Gasteiger partial charge in [-0.25, -0.2) is 15.0 Å². The second-order valence-electron chi connectivity index (χ2n) is 13.2. The third-order valence-corrected chi connectivity index (χ3v) is 9.43. The Morgan fingerprint density at radius 2 is 0.941 bits per heavy atom. The number of hydrogen-bond donors (Lipinski definition) is 0. The monoisotopic (exact) mass is 933 g/mol. The molecule has 0 saturated carbocycles. The topological polar surface area (TPSA) is 69.4 Å². The van der Waals surface area contributed by atoms with Gasteiger partial charge in [0.2, 0.25) is 5.95 Å². The maximum absolute atomic E-state index is 4.59. The minimum Gasteiger partial charge on any atom is -0.328 e. The van der Waals surface area contributed by atoms with Gasteiger partial charge in [0.25, 0.3) is 0 Å². The largest absolute Gasteiger partial charge is 2.00 e. The molecule has 254 valence electrons. The maximum Gasteiger partial charge on any atom is 2.00 e. The Labute approximate surface area is 326 Å². The van der Waals surface area contributed by atoms with Crippen molar-refractivity contribution >= 4 is 21.8 Å². The summed E-state index contributed by atoms with van der Waals surface area (Å²) in [5, 5.41) is 2.09. The Balaban J connectivity index is 0.00000224. The van der Waals surface area contributed by atoms with Gasteiger partial charge in [0, 0.05) is 12.4 Å². The molecule has 6 nitrogen and oxygen atoms in total. The van der Waals surface area contributed by atoms with Gasteiger partial charge in [-0.3, -0.25) is 0 Å². The van der Waals surface area contributed by atoms with Crippen LogP contribution in [0.15, 0.2) is 122 Å². The van der Waals surface area contributed by atoms with Crippen LogP contribution in [0.5, 0.6) is 0 Å². The fourth-order valence-electron chi connectivity index (χ4n) is 6.44. The summed E-state index contributed by atoms with van der Waals surface area (Å²) in [4.78, 5) is 22.4. The Bertz CT molecular complexity index is 2290. The summed E-state index contributed by atoms with van der Waals surface area (Å²) < 4.78 is 2.05. The van der Waals surface area contributed by atoms with E-state index in [0.717, 1.165) is 66.6 Å². The summed E-state index contributed by atoms with van der Waals surface area (Å²) in [6.45, 7) is 8.82. The maximum atomic E-state index is 4.59. The molecule has 0 N–H and O–H groups in total. The van der Waals surface area contributed by atoms with Crippen molar-refractivity contribution in [3.05, 3.63) is 169 Å². The molecule has 0 aliphatic rings. The van der Waals surface area contributed by atoms with E-state index >= 15 is 0 Å². The van der Waals surface area contributed by atoms with Crippen molar-refractivity contribution in [1.29, 1.82) is 0 Å². The fourth-order valence-corrected chi connectivity index (χ4v) is 6.44. The molecule has 0 aliphatic heterocycles. The van der Waals surface area contributed by atoms with Gasteiger partial charge in [-0.05, 0) is 34.4 Å². The molecule has 51 heavy (non-hydrogen) atoms. The summed E-state index contributed by atoms with van der Waals surface area (Å²) in [6.07, 6.45) is 6.67. The minimum atomic E-state index is -0.412. The first-order chi connectivity index (χ1) is 23.8. The Hall–Kier alpha value is -4.66. The van der Waals surface area contributed by atoms with Gasteiger partial charge in [0.15, 0.2) is 0 Å². The molecule has 0 atom stereocenters. The number of nitrogens with zero attached hydrogens (tertiary/aromatic N) is 6. The van der Waals surface area contributed by atoms with E-state index in [0.29, 0.717) is 5.95 Å². The second kappa shape index (κ2) is 14.5. The number of benzene rings is 4. The second-order valence-corrected chi connectivity index (χ2v) is 13.2. The van der Waals surface area contributed by atoms with Gasteiger partial charge in [0.1, 0.15) is 12.7 Å². The van der Waals surface area contributed by atoms with Crippen LogP contribution >= 0.6 is 0 Å². The zero-order valence-electron chi connectivity index (χ0n) is 28.4. The number of rotatable bonds is 7. The third kappa shape index (κ3) is 6.63. The zero-order chi connectivity index (χ0) is 33.6. The molecule has 8 aromatic rings. The van der Waals surface area contributed by atoms with Crippen molar-refractivity contribution in [3.8, 4) is 28.5 Å². The van der Waals surface area contributed by atoms with E-state index in [2.05, 4.69) is 138 Å². The predicted molar refractivity (Wildman–Crippen MR) is 193 cm³/mol. The Morgan fingerprint density at radius 3 is 1.37 bits per heavy atom. The molecule has 0 radical (unpaired) electrons. The summed E-state index contributed by atoms with van der Waals surface area (Å²) in [5.74, 6) is 0.514. The first kappa shape index (κ1) is 36.1. The smallest absolute Gasteiger partial charge is 0.328 e. The molecular formula is C43H32N6PdPt. The first-order valence-electron chi connectivity index (χ1n) is 16.3. The van der Waals surface area contributed by atoms with Crippen molar-refractivity contribution < 1.29 is 41.5 Å². The van der Waals surface area contributed by atoms with E-state index in [1.165, 1.54) is 12.7 Å². The van der Waals surface area contributed by atoms with E-state index in [1.807, 2.05) is 53.4 Å². The molecular weight excluding hydrogens is 902 g/mol. The predicted octanol–water partition coefficient (Wildman–Crippen LogP) is 8.94. The molecule has 0 unspecified atom stereocenters. The van der Waals surface area contributed by atoms with Gasteiger partial charge < -0.3 is 14.5 Å². The van der Waals surface area contributed by atoms with Crippen LogP contribution in [0, 0.1) is 24.3 Å². The normalized spacial score (nSPS) is 11.6. The van der Waals surface area contributed by atoms with Gasteiger partial charge in [-0.2, -0.15) is 58.3 Å². The van der Waals surface area contributed by atoms with Crippen LogP contribution in [0.25, 0.3) is 50.3 Å².